The lowest BCUT2D eigenvalue weighted by atomic mass is 10.1. The zero-order chi connectivity index (χ0) is 22.1. The van der Waals surface area contributed by atoms with E-state index in [1.807, 2.05) is 0 Å². The first-order valence-electron chi connectivity index (χ1n) is 8.76. The van der Waals surface area contributed by atoms with Gasteiger partial charge >= 0.3 is 12.6 Å². The summed E-state index contributed by atoms with van der Waals surface area (Å²) in [5, 5.41) is 5.14. The van der Waals surface area contributed by atoms with E-state index < -0.39 is 35.1 Å². The maximum Gasteiger partial charge on any atom is 0.387 e. The first-order valence-corrected chi connectivity index (χ1v) is 10.3. The van der Waals surface area contributed by atoms with Gasteiger partial charge in [0.05, 0.1) is 10.5 Å². The number of carbonyl (C=O) groups is 2. The van der Waals surface area contributed by atoms with E-state index in [1.165, 1.54) is 41.3 Å². The van der Waals surface area contributed by atoms with Gasteiger partial charge in [-0.05, 0) is 55.3 Å². The average Bonchev–Trinajstić information content (AvgIpc) is 2.99. The molecule has 1 amide bonds. The van der Waals surface area contributed by atoms with E-state index in [0.717, 1.165) is 6.07 Å². The van der Waals surface area contributed by atoms with E-state index in [0.29, 0.717) is 17.7 Å². The number of primary sulfonamides is 1. The zero-order valence-corrected chi connectivity index (χ0v) is 16.6. The Morgan fingerprint density at radius 3 is 2.63 bits per heavy atom. The smallest absolute Gasteiger partial charge is 0.387 e. The molecule has 11 heteroatoms. The van der Waals surface area contributed by atoms with Gasteiger partial charge in [-0.3, -0.25) is 4.79 Å². The van der Waals surface area contributed by atoms with Crippen LogP contribution in [0.2, 0.25) is 0 Å². The number of rotatable bonds is 6. The molecule has 2 N–H and O–H groups in total. The van der Waals surface area contributed by atoms with Gasteiger partial charge in [0, 0.05) is 11.7 Å². The first-order chi connectivity index (χ1) is 14.1. The van der Waals surface area contributed by atoms with Crippen molar-refractivity contribution in [1.29, 1.82) is 0 Å². The van der Waals surface area contributed by atoms with E-state index in [-0.39, 0.29) is 22.3 Å². The van der Waals surface area contributed by atoms with Crippen LogP contribution in [0.3, 0.4) is 0 Å². The minimum Gasteiger partial charge on any atom is -0.452 e. The van der Waals surface area contributed by atoms with Crippen LogP contribution in [0.4, 0.5) is 14.5 Å². The Hall–Kier alpha value is -3.05. The van der Waals surface area contributed by atoms with Crippen molar-refractivity contribution in [3.05, 3.63) is 53.6 Å². The van der Waals surface area contributed by atoms with Crippen LogP contribution < -0.4 is 14.8 Å². The number of anilines is 1. The first kappa shape index (κ1) is 21.7. The molecule has 0 aromatic heterocycles. The normalized spacial score (nSPS) is 15.8. The topological polar surface area (TPSA) is 116 Å². The number of hydrogen-bond donors (Lipinski definition) is 1. The number of benzene rings is 2. The van der Waals surface area contributed by atoms with Gasteiger partial charge in [-0.25, -0.2) is 18.4 Å². The molecule has 2 aromatic carbocycles. The van der Waals surface area contributed by atoms with Gasteiger partial charge in [0.15, 0.2) is 6.61 Å². The molecule has 1 aliphatic heterocycles. The summed E-state index contributed by atoms with van der Waals surface area (Å²) in [5.41, 5.74) is 1.09. The Bertz CT molecular complexity index is 1090. The highest BCUT2D eigenvalue weighted by atomic mass is 32.2. The highest BCUT2D eigenvalue weighted by Crippen LogP contribution is 2.33. The Balaban J connectivity index is 1.69. The summed E-state index contributed by atoms with van der Waals surface area (Å²) in [5.74, 6) is -1.60. The quantitative estimate of drug-likeness (QED) is 0.688. The summed E-state index contributed by atoms with van der Waals surface area (Å²) in [6.45, 7) is -1.86. The number of hydrogen-bond acceptors (Lipinski definition) is 6. The van der Waals surface area contributed by atoms with Crippen molar-refractivity contribution in [3.8, 4) is 5.75 Å². The number of esters is 1. The van der Waals surface area contributed by atoms with Crippen molar-refractivity contribution in [2.75, 3.05) is 11.5 Å². The molecule has 1 heterocycles. The number of alkyl halides is 2. The van der Waals surface area contributed by atoms with E-state index in [1.54, 1.807) is 6.92 Å². The molecule has 0 saturated heterocycles. The van der Waals surface area contributed by atoms with Crippen LogP contribution in [0.5, 0.6) is 5.75 Å². The Kier molecular flexibility index (Phi) is 6.04. The second-order valence-corrected chi connectivity index (χ2v) is 8.20. The minimum atomic E-state index is -3.87. The molecule has 0 aliphatic carbocycles. The van der Waals surface area contributed by atoms with Gasteiger partial charge in [0.25, 0.3) is 5.91 Å². The lowest BCUT2D eigenvalue weighted by Gasteiger charge is -2.22. The summed E-state index contributed by atoms with van der Waals surface area (Å²) in [6.07, 6.45) is 0.408. The van der Waals surface area contributed by atoms with E-state index in [4.69, 9.17) is 9.88 Å². The number of nitrogens with zero attached hydrogens (tertiary/aromatic N) is 1. The van der Waals surface area contributed by atoms with Gasteiger partial charge in [-0.1, -0.05) is 6.07 Å². The number of carbonyl (C=O) groups excluding carboxylic acids is 2. The van der Waals surface area contributed by atoms with Crippen LogP contribution in [0.15, 0.2) is 47.4 Å². The second-order valence-electron chi connectivity index (χ2n) is 6.63. The van der Waals surface area contributed by atoms with E-state index in [9.17, 15) is 26.8 Å². The highest BCUT2D eigenvalue weighted by molar-refractivity contribution is 7.89. The number of nitrogens with two attached hydrogens (primary N) is 1. The summed E-state index contributed by atoms with van der Waals surface area (Å²) in [6, 6.07) is 8.93. The Morgan fingerprint density at radius 1 is 1.23 bits per heavy atom. The Labute approximate surface area is 171 Å². The average molecular weight is 440 g/mol. The molecule has 3 rings (SSSR count). The predicted octanol–water partition coefficient (Wildman–Crippen LogP) is 2.07. The third kappa shape index (κ3) is 4.74. The van der Waals surface area contributed by atoms with Crippen molar-refractivity contribution in [3.63, 3.8) is 0 Å². The summed E-state index contributed by atoms with van der Waals surface area (Å²) < 4.78 is 56.9. The highest BCUT2D eigenvalue weighted by Gasteiger charge is 2.32. The SMILES string of the molecule is CC1Cc2cc(S(N)(=O)=O)ccc2N1C(=O)COC(=O)c1cccc(OC(F)F)c1. The fraction of sp³-hybridized carbons (Fsp3) is 0.263. The maximum absolute atomic E-state index is 12.6. The van der Waals surface area contributed by atoms with Gasteiger partial charge in [0.2, 0.25) is 10.0 Å². The van der Waals surface area contributed by atoms with Crippen LogP contribution in [0.1, 0.15) is 22.8 Å². The van der Waals surface area contributed by atoms with Crippen LogP contribution in [-0.2, 0) is 26.0 Å². The molecule has 0 radical (unpaired) electrons. The molecule has 0 fully saturated rings. The lowest BCUT2D eigenvalue weighted by molar-refractivity contribution is -0.122. The van der Waals surface area contributed by atoms with Crippen LogP contribution in [0.25, 0.3) is 0 Å². The van der Waals surface area contributed by atoms with Gasteiger partial charge in [-0.15, -0.1) is 0 Å². The molecule has 0 spiro atoms. The monoisotopic (exact) mass is 440 g/mol. The number of amides is 1. The predicted molar refractivity (Wildman–Crippen MR) is 102 cm³/mol. The summed E-state index contributed by atoms with van der Waals surface area (Å²) >= 11 is 0. The molecule has 30 heavy (non-hydrogen) atoms. The minimum absolute atomic E-state index is 0.0476. The molecule has 8 nitrogen and oxygen atoms in total. The molecule has 160 valence electrons. The lowest BCUT2D eigenvalue weighted by Crippen LogP contribution is -2.38. The largest absolute Gasteiger partial charge is 0.452 e. The van der Waals surface area contributed by atoms with E-state index >= 15 is 0 Å². The number of sulfonamides is 1. The summed E-state index contributed by atoms with van der Waals surface area (Å²) in [7, 11) is -3.87. The molecule has 1 unspecified atom stereocenters. The van der Waals surface area contributed by atoms with Gasteiger partial charge < -0.3 is 14.4 Å². The van der Waals surface area contributed by atoms with Gasteiger partial charge in [0.1, 0.15) is 5.75 Å². The molecule has 2 aromatic rings. The number of fused-ring (bicyclic) bond motifs is 1. The third-order valence-corrected chi connectivity index (χ3v) is 5.40. The fourth-order valence-electron chi connectivity index (χ4n) is 3.24. The van der Waals surface area contributed by atoms with Crippen molar-refractivity contribution < 1.29 is 36.3 Å². The fourth-order valence-corrected chi connectivity index (χ4v) is 3.81. The van der Waals surface area contributed by atoms with Crippen molar-refractivity contribution >= 4 is 27.6 Å². The number of ether oxygens (including phenoxy) is 2. The van der Waals surface area contributed by atoms with Crippen molar-refractivity contribution in [2.24, 2.45) is 5.14 Å². The molecule has 0 bridgehead atoms. The van der Waals surface area contributed by atoms with Crippen molar-refractivity contribution in [2.45, 2.75) is 30.9 Å². The van der Waals surface area contributed by atoms with Crippen LogP contribution >= 0.6 is 0 Å². The second kappa shape index (κ2) is 8.36. The molecule has 1 atom stereocenters. The third-order valence-electron chi connectivity index (χ3n) is 4.49. The zero-order valence-electron chi connectivity index (χ0n) is 15.7. The molecule has 0 saturated carbocycles. The number of halogens is 2. The maximum atomic E-state index is 12.6. The summed E-state index contributed by atoms with van der Waals surface area (Å²) in [4.78, 5) is 26.2. The van der Waals surface area contributed by atoms with Crippen molar-refractivity contribution in [1.82, 2.24) is 0 Å². The molecular weight excluding hydrogens is 422 g/mol. The van der Waals surface area contributed by atoms with Crippen LogP contribution in [-0.4, -0.2) is 39.6 Å². The van der Waals surface area contributed by atoms with Gasteiger partial charge in [-0.2, -0.15) is 8.78 Å². The molecular formula is C19H18F2N2O6S. The molecule has 1 aliphatic rings. The Morgan fingerprint density at radius 2 is 1.97 bits per heavy atom. The standard InChI is InChI=1S/C19H18F2N2O6S/c1-11-7-13-9-15(30(22,26)27)5-6-16(13)23(11)17(24)10-28-18(25)12-3-2-4-14(8-12)29-19(20)21/h2-6,8-9,11,19H,7,10H2,1H3,(H2,22,26,27). The van der Waals surface area contributed by atoms with Crippen LogP contribution in [0, 0.1) is 0 Å². The van der Waals surface area contributed by atoms with E-state index in [2.05, 4.69) is 4.74 Å².